The number of rotatable bonds is 6. The van der Waals surface area contributed by atoms with Crippen molar-refractivity contribution >= 4 is 17.5 Å². The van der Waals surface area contributed by atoms with Gasteiger partial charge in [0.1, 0.15) is 29.6 Å². The number of methoxy groups -OCH3 is 3. The molecule has 4 rings (SSSR count). The second-order valence-corrected chi connectivity index (χ2v) is 6.89. The van der Waals surface area contributed by atoms with Crippen LogP contribution in [0.25, 0.3) is 0 Å². The number of nitrogens with zero attached hydrogens (tertiary/aromatic N) is 3. The number of carbonyl (C=O) groups is 1. The minimum atomic E-state index is -0.495. The van der Waals surface area contributed by atoms with E-state index in [0.29, 0.717) is 40.2 Å². The summed E-state index contributed by atoms with van der Waals surface area (Å²) in [5.74, 6) is 2.07. The summed E-state index contributed by atoms with van der Waals surface area (Å²) < 4.78 is 17.7. The van der Waals surface area contributed by atoms with Crippen molar-refractivity contribution in [3.8, 4) is 17.2 Å². The smallest absolute Gasteiger partial charge is 0.255 e. The number of aromatic nitrogens is 3. The van der Waals surface area contributed by atoms with Crippen molar-refractivity contribution in [3.63, 3.8) is 0 Å². The van der Waals surface area contributed by atoms with Crippen molar-refractivity contribution in [3.05, 3.63) is 65.6 Å². The predicted octanol–water partition coefficient (Wildman–Crippen LogP) is 3.23. The molecular formula is C22H23N5O4. The van der Waals surface area contributed by atoms with Gasteiger partial charge in [-0.25, -0.2) is 4.68 Å². The van der Waals surface area contributed by atoms with E-state index in [0.717, 1.165) is 5.56 Å². The second kappa shape index (κ2) is 8.39. The molecule has 1 aliphatic rings. The Morgan fingerprint density at radius 3 is 2.58 bits per heavy atom. The molecular weight excluding hydrogens is 398 g/mol. The van der Waals surface area contributed by atoms with Gasteiger partial charge in [0.2, 0.25) is 5.95 Å². The van der Waals surface area contributed by atoms with E-state index in [1.807, 2.05) is 31.2 Å². The number of hydrogen-bond donors (Lipinski definition) is 2. The molecule has 1 aliphatic heterocycles. The molecule has 0 unspecified atom stereocenters. The fraction of sp³-hybridized carbons (Fsp3) is 0.227. The quantitative estimate of drug-likeness (QED) is 0.630. The highest BCUT2D eigenvalue weighted by Gasteiger charge is 2.34. The number of nitrogens with one attached hydrogen (secondary N) is 2. The normalized spacial score (nSPS) is 15.0. The standard InChI is InChI=1S/C22H23N5O4/c1-13-19(21(28)26-17-11-16(30-3)8-9-18(17)31-4)20(27-22(25-13)23-12-24-27)14-6-5-7-15(10-14)29-2/h5-12,20H,1-4H3,(H,26,28)(H,23,24,25)/t20-/m0/s1. The third-order valence-electron chi connectivity index (χ3n) is 5.10. The van der Waals surface area contributed by atoms with Crippen molar-refractivity contribution in [2.24, 2.45) is 0 Å². The maximum Gasteiger partial charge on any atom is 0.255 e. The highest BCUT2D eigenvalue weighted by Crippen LogP contribution is 2.37. The zero-order valence-electron chi connectivity index (χ0n) is 17.7. The van der Waals surface area contributed by atoms with Gasteiger partial charge in [-0.05, 0) is 36.8 Å². The number of carbonyl (C=O) groups excluding carboxylic acids is 1. The lowest BCUT2D eigenvalue weighted by Gasteiger charge is -2.29. The summed E-state index contributed by atoms with van der Waals surface area (Å²) >= 11 is 0. The van der Waals surface area contributed by atoms with Crippen LogP contribution < -0.4 is 24.8 Å². The average Bonchev–Trinajstić information content (AvgIpc) is 3.25. The maximum atomic E-state index is 13.5. The van der Waals surface area contributed by atoms with Gasteiger partial charge in [0.25, 0.3) is 5.91 Å². The summed E-state index contributed by atoms with van der Waals surface area (Å²) in [6.07, 6.45) is 1.45. The van der Waals surface area contributed by atoms with Gasteiger partial charge in [-0.2, -0.15) is 10.1 Å². The molecule has 0 fully saturated rings. The molecule has 1 atom stereocenters. The monoisotopic (exact) mass is 421 g/mol. The fourth-order valence-electron chi connectivity index (χ4n) is 3.61. The minimum absolute atomic E-state index is 0.300. The van der Waals surface area contributed by atoms with Gasteiger partial charge >= 0.3 is 0 Å². The van der Waals surface area contributed by atoms with Crippen LogP contribution in [0.1, 0.15) is 18.5 Å². The van der Waals surface area contributed by atoms with Gasteiger partial charge in [-0.15, -0.1) is 0 Å². The van der Waals surface area contributed by atoms with Crippen molar-refractivity contribution in [2.75, 3.05) is 32.0 Å². The van der Waals surface area contributed by atoms with Crippen LogP contribution in [0.15, 0.2) is 60.1 Å². The number of fused-ring (bicyclic) bond motifs is 1. The zero-order valence-corrected chi connectivity index (χ0v) is 17.7. The zero-order chi connectivity index (χ0) is 22.0. The van der Waals surface area contributed by atoms with E-state index in [9.17, 15) is 4.79 Å². The predicted molar refractivity (Wildman–Crippen MR) is 116 cm³/mol. The summed E-state index contributed by atoms with van der Waals surface area (Å²) in [4.78, 5) is 17.8. The van der Waals surface area contributed by atoms with Crippen LogP contribution in [0.4, 0.5) is 11.6 Å². The van der Waals surface area contributed by atoms with Crippen LogP contribution >= 0.6 is 0 Å². The van der Waals surface area contributed by atoms with Crippen molar-refractivity contribution in [1.29, 1.82) is 0 Å². The van der Waals surface area contributed by atoms with Crippen LogP contribution in [0, 0.1) is 0 Å². The molecule has 3 aromatic rings. The first-order valence-electron chi connectivity index (χ1n) is 9.60. The second-order valence-electron chi connectivity index (χ2n) is 6.89. The summed E-state index contributed by atoms with van der Waals surface area (Å²) in [6, 6.07) is 12.3. The highest BCUT2D eigenvalue weighted by atomic mass is 16.5. The summed E-state index contributed by atoms with van der Waals surface area (Å²) in [6.45, 7) is 1.84. The molecule has 31 heavy (non-hydrogen) atoms. The Morgan fingerprint density at radius 2 is 1.84 bits per heavy atom. The number of hydrogen-bond acceptors (Lipinski definition) is 7. The van der Waals surface area contributed by atoms with E-state index in [1.54, 1.807) is 44.2 Å². The molecule has 2 aromatic carbocycles. The molecule has 1 amide bonds. The number of anilines is 2. The number of amides is 1. The first kappa shape index (κ1) is 20.3. The Hall–Kier alpha value is -4.01. The van der Waals surface area contributed by atoms with E-state index in [2.05, 4.69) is 20.7 Å². The molecule has 0 saturated carbocycles. The SMILES string of the molecule is COc1cccc([C@H]2C(C(=O)Nc3cc(OC)ccc3OC)=C(C)Nc3ncnn32)c1. The Kier molecular flexibility index (Phi) is 5.48. The number of benzene rings is 2. The van der Waals surface area contributed by atoms with E-state index in [4.69, 9.17) is 14.2 Å². The molecule has 0 aliphatic carbocycles. The van der Waals surface area contributed by atoms with E-state index in [1.165, 1.54) is 6.33 Å². The van der Waals surface area contributed by atoms with Crippen LogP contribution in [0.2, 0.25) is 0 Å². The summed E-state index contributed by atoms with van der Waals surface area (Å²) in [7, 11) is 4.72. The molecule has 1 aromatic heterocycles. The molecule has 9 nitrogen and oxygen atoms in total. The van der Waals surface area contributed by atoms with Gasteiger partial charge in [-0.3, -0.25) is 4.79 Å². The minimum Gasteiger partial charge on any atom is -0.497 e. The summed E-state index contributed by atoms with van der Waals surface area (Å²) in [5.41, 5.74) is 2.51. The highest BCUT2D eigenvalue weighted by molar-refractivity contribution is 6.06. The van der Waals surface area contributed by atoms with E-state index in [-0.39, 0.29) is 5.91 Å². The van der Waals surface area contributed by atoms with Gasteiger partial charge in [-0.1, -0.05) is 12.1 Å². The number of allylic oxidation sites excluding steroid dienone is 1. The lowest BCUT2D eigenvalue weighted by atomic mass is 9.94. The third kappa shape index (κ3) is 3.77. The molecule has 2 heterocycles. The van der Waals surface area contributed by atoms with Crippen molar-refractivity contribution in [1.82, 2.24) is 14.8 Å². The lowest BCUT2D eigenvalue weighted by molar-refractivity contribution is -0.113. The third-order valence-corrected chi connectivity index (χ3v) is 5.10. The Balaban J connectivity index is 1.77. The topological polar surface area (TPSA) is 99.5 Å². The fourth-order valence-corrected chi connectivity index (χ4v) is 3.61. The molecule has 0 radical (unpaired) electrons. The first-order valence-corrected chi connectivity index (χ1v) is 9.60. The Morgan fingerprint density at radius 1 is 1.06 bits per heavy atom. The average molecular weight is 421 g/mol. The van der Waals surface area contributed by atoms with Crippen LogP contribution in [0.5, 0.6) is 17.2 Å². The van der Waals surface area contributed by atoms with Crippen molar-refractivity contribution < 1.29 is 19.0 Å². The molecule has 0 spiro atoms. The van der Waals surface area contributed by atoms with E-state index < -0.39 is 6.04 Å². The first-order chi connectivity index (χ1) is 15.0. The van der Waals surface area contributed by atoms with Gasteiger partial charge < -0.3 is 24.8 Å². The summed E-state index contributed by atoms with van der Waals surface area (Å²) in [5, 5.41) is 10.5. The largest absolute Gasteiger partial charge is 0.497 e. The van der Waals surface area contributed by atoms with Crippen LogP contribution in [-0.2, 0) is 4.79 Å². The molecule has 9 heteroatoms. The van der Waals surface area contributed by atoms with Gasteiger partial charge in [0, 0.05) is 11.8 Å². The Labute approximate surface area is 179 Å². The van der Waals surface area contributed by atoms with E-state index >= 15 is 0 Å². The van der Waals surface area contributed by atoms with Crippen molar-refractivity contribution in [2.45, 2.75) is 13.0 Å². The van der Waals surface area contributed by atoms with Gasteiger partial charge in [0.15, 0.2) is 0 Å². The van der Waals surface area contributed by atoms with Crippen LogP contribution in [-0.4, -0.2) is 42.0 Å². The lowest BCUT2D eigenvalue weighted by Crippen LogP contribution is -2.31. The molecule has 2 N–H and O–H groups in total. The maximum absolute atomic E-state index is 13.5. The molecule has 0 bridgehead atoms. The van der Waals surface area contributed by atoms with Crippen LogP contribution in [0.3, 0.4) is 0 Å². The number of ether oxygens (including phenoxy) is 3. The van der Waals surface area contributed by atoms with Gasteiger partial charge in [0.05, 0.1) is 32.6 Å². The molecule has 160 valence electrons. The Bertz CT molecular complexity index is 1150. The molecule has 0 saturated heterocycles.